The second-order valence-corrected chi connectivity index (χ2v) is 7.12. The number of nitrogens with zero attached hydrogens (tertiary/aromatic N) is 1. The van der Waals surface area contributed by atoms with Crippen LogP contribution < -0.4 is 10.6 Å². The highest BCUT2D eigenvalue weighted by atomic mass is 16.3. The molecule has 0 atom stereocenters. The number of carbonyl (C=O) groups excluding carboxylic acids is 1. The molecule has 5 heteroatoms. The summed E-state index contributed by atoms with van der Waals surface area (Å²) >= 11 is 0. The molecule has 1 amide bonds. The fraction of sp³-hybridized carbons (Fsp3) is 0.0769. The summed E-state index contributed by atoms with van der Waals surface area (Å²) in [5.74, 6) is 0.0129. The van der Waals surface area contributed by atoms with Gasteiger partial charge in [-0.25, -0.2) is 0 Å². The number of anilines is 2. The van der Waals surface area contributed by atoms with Crippen LogP contribution in [0.25, 0.3) is 11.1 Å². The standard InChI is InChI=1S/C26H23N3O2/c30-23-14-8-19(9-15-23)24-6-1-2-7-25(24)26(31)29-22-12-10-21(11-13-22)28-18-16-20-5-3-4-17-27-20/h1-15,17,28,30H,16,18H2,(H,29,31). The Kier molecular flexibility index (Phi) is 6.24. The van der Waals surface area contributed by atoms with Gasteiger partial charge in [0.05, 0.1) is 0 Å². The number of carbonyl (C=O) groups is 1. The fourth-order valence-corrected chi connectivity index (χ4v) is 3.32. The number of benzene rings is 3. The van der Waals surface area contributed by atoms with Gasteiger partial charge in [-0.15, -0.1) is 0 Å². The molecule has 0 aliphatic heterocycles. The predicted molar refractivity (Wildman–Crippen MR) is 124 cm³/mol. The van der Waals surface area contributed by atoms with Crippen LogP contribution in [0, 0.1) is 0 Å². The van der Waals surface area contributed by atoms with Crippen molar-refractivity contribution in [3.8, 4) is 16.9 Å². The minimum atomic E-state index is -0.181. The Balaban J connectivity index is 1.39. The normalized spacial score (nSPS) is 10.5. The SMILES string of the molecule is O=C(Nc1ccc(NCCc2ccccn2)cc1)c1ccccc1-c1ccc(O)cc1. The smallest absolute Gasteiger partial charge is 0.256 e. The molecule has 0 saturated carbocycles. The van der Waals surface area contributed by atoms with Gasteiger partial charge in [0.25, 0.3) is 5.91 Å². The topological polar surface area (TPSA) is 74.2 Å². The zero-order valence-corrected chi connectivity index (χ0v) is 17.0. The zero-order valence-electron chi connectivity index (χ0n) is 17.0. The van der Waals surface area contributed by atoms with E-state index >= 15 is 0 Å². The molecule has 3 aromatic carbocycles. The molecule has 154 valence electrons. The highest BCUT2D eigenvalue weighted by molar-refractivity contribution is 6.08. The Morgan fingerprint density at radius 2 is 1.52 bits per heavy atom. The van der Waals surface area contributed by atoms with E-state index in [0.29, 0.717) is 5.56 Å². The van der Waals surface area contributed by atoms with Gasteiger partial charge < -0.3 is 15.7 Å². The fourth-order valence-electron chi connectivity index (χ4n) is 3.32. The second-order valence-electron chi connectivity index (χ2n) is 7.12. The van der Waals surface area contributed by atoms with Gasteiger partial charge in [0.2, 0.25) is 0 Å². The third-order valence-electron chi connectivity index (χ3n) is 4.93. The van der Waals surface area contributed by atoms with E-state index in [4.69, 9.17) is 0 Å². The Morgan fingerprint density at radius 3 is 2.26 bits per heavy atom. The molecule has 5 nitrogen and oxygen atoms in total. The lowest BCUT2D eigenvalue weighted by atomic mass is 9.99. The van der Waals surface area contributed by atoms with Gasteiger partial charge >= 0.3 is 0 Å². The van der Waals surface area contributed by atoms with Gasteiger partial charge in [0.1, 0.15) is 5.75 Å². The molecular formula is C26H23N3O2. The molecule has 0 aliphatic carbocycles. The van der Waals surface area contributed by atoms with E-state index in [9.17, 15) is 9.90 Å². The number of hydrogen-bond donors (Lipinski definition) is 3. The number of rotatable bonds is 7. The predicted octanol–water partition coefficient (Wildman–Crippen LogP) is 5.36. The van der Waals surface area contributed by atoms with E-state index in [0.717, 1.165) is 41.2 Å². The van der Waals surface area contributed by atoms with Crippen molar-refractivity contribution in [3.63, 3.8) is 0 Å². The molecule has 0 spiro atoms. The van der Waals surface area contributed by atoms with E-state index in [1.165, 1.54) is 0 Å². The van der Waals surface area contributed by atoms with E-state index in [-0.39, 0.29) is 11.7 Å². The monoisotopic (exact) mass is 409 g/mol. The maximum absolute atomic E-state index is 12.9. The average Bonchev–Trinajstić information content (AvgIpc) is 2.81. The summed E-state index contributed by atoms with van der Waals surface area (Å²) in [6, 6.07) is 27.8. The van der Waals surface area contributed by atoms with Crippen molar-refractivity contribution in [1.29, 1.82) is 0 Å². The number of amides is 1. The van der Waals surface area contributed by atoms with Crippen LogP contribution in [-0.4, -0.2) is 22.5 Å². The van der Waals surface area contributed by atoms with Crippen molar-refractivity contribution in [2.45, 2.75) is 6.42 Å². The number of aromatic hydroxyl groups is 1. The van der Waals surface area contributed by atoms with Crippen LogP contribution in [0.5, 0.6) is 5.75 Å². The molecule has 0 saturated heterocycles. The summed E-state index contributed by atoms with van der Waals surface area (Å²) in [6.45, 7) is 0.780. The maximum atomic E-state index is 12.9. The van der Waals surface area contributed by atoms with Crippen LogP contribution in [0.3, 0.4) is 0 Å². The molecule has 0 radical (unpaired) electrons. The van der Waals surface area contributed by atoms with Gasteiger partial charge in [-0.05, 0) is 65.7 Å². The van der Waals surface area contributed by atoms with Gasteiger partial charge in [0.15, 0.2) is 0 Å². The third kappa shape index (κ3) is 5.28. The molecule has 0 bridgehead atoms. The molecule has 4 rings (SSSR count). The molecule has 1 aromatic heterocycles. The summed E-state index contributed by atoms with van der Waals surface area (Å²) in [6.07, 6.45) is 2.64. The molecule has 4 aromatic rings. The van der Waals surface area contributed by atoms with Crippen LogP contribution >= 0.6 is 0 Å². The Morgan fingerprint density at radius 1 is 0.806 bits per heavy atom. The largest absolute Gasteiger partial charge is 0.508 e. The Labute approximate surface area is 181 Å². The first kappa shape index (κ1) is 20.2. The summed E-state index contributed by atoms with van der Waals surface area (Å²) in [4.78, 5) is 17.2. The minimum Gasteiger partial charge on any atom is -0.508 e. The van der Waals surface area contributed by atoms with E-state index in [1.807, 2.05) is 60.7 Å². The van der Waals surface area contributed by atoms with E-state index in [1.54, 1.807) is 36.5 Å². The number of nitrogens with one attached hydrogen (secondary N) is 2. The summed E-state index contributed by atoms with van der Waals surface area (Å²) in [5.41, 5.74) is 5.01. The first-order chi connectivity index (χ1) is 15.2. The van der Waals surface area contributed by atoms with Crippen molar-refractivity contribution < 1.29 is 9.90 Å². The number of hydrogen-bond acceptors (Lipinski definition) is 4. The van der Waals surface area contributed by atoms with Crippen LogP contribution in [0.15, 0.2) is 97.2 Å². The summed E-state index contributed by atoms with van der Waals surface area (Å²) < 4.78 is 0. The lowest BCUT2D eigenvalue weighted by molar-refractivity contribution is 0.102. The first-order valence-corrected chi connectivity index (χ1v) is 10.1. The molecule has 31 heavy (non-hydrogen) atoms. The molecule has 3 N–H and O–H groups in total. The molecule has 0 fully saturated rings. The van der Waals surface area contributed by atoms with Crippen LogP contribution in [0.4, 0.5) is 11.4 Å². The summed E-state index contributed by atoms with van der Waals surface area (Å²) in [5, 5.41) is 15.9. The Bertz CT molecular complexity index is 1140. The highest BCUT2D eigenvalue weighted by Crippen LogP contribution is 2.26. The number of phenolic OH excluding ortho intramolecular Hbond substituents is 1. The van der Waals surface area contributed by atoms with Gasteiger partial charge in [-0.3, -0.25) is 9.78 Å². The van der Waals surface area contributed by atoms with Crippen molar-refractivity contribution >= 4 is 17.3 Å². The molecular weight excluding hydrogens is 386 g/mol. The first-order valence-electron chi connectivity index (χ1n) is 10.1. The second kappa shape index (κ2) is 9.59. The van der Waals surface area contributed by atoms with Crippen LogP contribution in [-0.2, 0) is 6.42 Å². The van der Waals surface area contributed by atoms with Crippen molar-refractivity contribution in [3.05, 3.63) is 108 Å². The number of phenols is 1. The molecule has 0 unspecified atom stereocenters. The molecule has 1 heterocycles. The van der Waals surface area contributed by atoms with Crippen molar-refractivity contribution in [2.24, 2.45) is 0 Å². The molecule has 0 aliphatic rings. The van der Waals surface area contributed by atoms with E-state index < -0.39 is 0 Å². The van der Waals surface area contributed by atoms with Gasteiger partial charge in [-0.1, -0.05) is 36.4 Å². The minimum absolute atomic E-state index is 0.181. The average molecular weight is 409 g/mol. The number of pyridine rings is 1. The lowest BCUT2D eigenvalue weighted by Gasteiger charge is -2.12. The van der Waals surface area contributed by atoms with Crippen LogP contribution in [0.1, 0.15) is 16.1 Å². The van der Waals surface area contributed by atoms with Crippen molar-refractivity contribution in [2.75, 3.05) is 17.2 Å². The number of aromatic nitrogens is 1. The third-order valence-corrected chi connectivity index (χ3v) is 4.93. The van der Waals surface area contributed by atoms with Gasteiger partial charge in [-0.2, -0.15) is 0 Å². The van der Waals surface area contributed by atoms with Crippen LogP contribution in [0.2, 0.25) is 0 Å². The van der Waals surface area contributed by atoms with Gasteiger partial charge in [0, 0.05) is 41.8 Å². The quantitative estimate of drug-likeness (QED) is 0.384. The lowest BCUT2D eigenvalue weighted by Crippen LogP contribution is -2.13. The van der Waals surface area contributed by atoms with E-state index in [2.05, 4.69) is 15.6 Å². The zero-order chi connectivity index (χ0) is 21.5. The highest BCUT2D eigenvalue weighted by Gasteiger charge is 2.12. The van der Waals surface area contributed by atoms with Crippen molar-refractivity contribution in [1.82, 2.24) is 4.98 Å². The maximum Gasteiger partial charge on any atom is 0.256 e. The Hall–Kier alpha value is -4.12. The summed E-state index contributed by atoms with van der Waals surface area (Å²) in [7, 11) is 0.